The second-order valence-electron chi connectivity index (χ2n) is 8.29. The van der Waals surface area contributed by atoms with Crippen molar-refractivity contribution in [3.05, 3.63) is 71.2 Å². The monoisotopic (exact) mass is 377 g/mol. The van der Waals surface area contributed by atoms with Crippen LogP contribution in [0.25, 0.3) is 10.9 Å². The lowest BCUT2D eigenvalue weighted by molar-refractivity contribution is 0.201. The van der Waals surface area contributed by atoms with Crippen molar-refractivity contribution in [2.75, 3.05) is 26.2 Å². The molecule has 28 heavy (non-hydrogen) atoms. The summed E-state index contributed by atoms with van der Waals surface area (Å²) in [6, 6.07) is 14.4. The summed E-state index contributed by atoms with van der Waals surface area (Å²) in [6.07, 6.45) is 6.70. The summed E-state index contributed by atoms with van der Waals surface area (Å²) in [5.74, 6) is 0.381. The van der Waals surface area contributed by atoms with Gasteiger partial charge in [0.05, 0.1) is 0 Å². The van der Waals surface area contributed by atoms with Crippen LogP contribution in [0, 0.1) is 5.82 Å². The van der Waals surface area contributed by atoms with E-state index >= 15 is 0 Å². The van der Waals surface area contributed by atoms with E-state index in [2.05, 4.69) is 45.7 Å². The molecule has 1 aromatic heterocycles. The molecule has 2 aliphatic heterocycles. The van der Waals surface area contributed by atoms with E-state index in [9.17, 15) is 4.39 Å². The number of piperidine rings is 1. The van der Waals surface area contributed by atoms with Crippen molar-refractivity contribution >= 4 is 10.9 Å². The number of likely N-dealkylation sites (tertiary alicyclic amines) is 1. The Morgan fingerprint density at radius 2 is 1.89 bits per heavy atom. The molecule has 146 valence electrons. The van der Waals surface area contributed by atoms with E-state index < -0.39 is 0 Å². The summed E-state index contributed by atoms with van der Waals surface area (Å²) in [4.78, 5) is 5.91. The number of nitrogens with zero attached hydrogens (tertiary/aromatic N) is 1. The first-order valence-corrected chi connectivity index (χ1v) is 10.6. The van der Waals surface area contributed by atoms with E-state index in [0.29, 0.717) is 12.0 Å². The molecule has 3 nitrogen and oxygen atoms in total. The van der Waals surface area contributed by atoms with Crippen LogP contribution in [0.3, 0.4) is 0 Å². The molecule has 5 rings (SSSR count). The van der Waals surface area contributed by atoms with Crippen molar-refractivity contribution in [1.29, 1.82) is 0 Å². The molecular weight excluding hydrogens is 349 g/mol. The Hall–Kier alpha value is -2.17. The molecule has 4 heteroatoms. The number of fused-ring (bicyclic) bond motifs is 2. The third-order valence-corrected chi connectivity index (χ3v) is 6.65. The number of aromatic amines is 1. The standard InChI is InChI=1S/C24H28FN3/c25-19-5-6-23-21(15-19)22(16-27-23)18-8-12-28(13-9-18)14-10-24-20-4-2-1-3-17(20)7-11-26-24/h1-6,15-16,18,24,26-27H,7-14H2. The van der Waals surface area contributed by atoms with Crippen LogP contribution in [0.15, 0.2) is 48.7 Å². The molecule has 1 saturated heterocycles. The van der Waals surface area contributed by atoms with Gasteiger partial charge in [-0.2, -0.15) is 0 Å². The third kappa shape index (κ3) is 3.47. The maximum absolute atomic E-state index is 13.7. The lowest BCUT2D eigenvalue weighted by Gasteiger charge is -2.34. The van der Waals surface area contributed by atoms with Gasteiger partial charge < -0.3 is 15.2 Å². The number of rotatable bonds is 4. The third-order valence-electron chi connectivity index (χ3n) is 6.65. The zero-order valence-electron chi connectivity index (χ0n) is 16.3. The van der Waals surface area contributed by atoms with Crippen molar-refractivity contribution in [3.8, 4) is 0 Å². The van der Waals surface area contributed by atoms with Crippen molar-refractivity contribution in [3.63, 3.8) is 0 Å². The number of hydrogen-bond donors (Lipinski definition) is 2. The van der Waals surface area contributed by atoms with E-state index in [1.165, 1.54) is 29.2 Å². The summed E-state index contributed by atoms with van der Waals surface area (Å²) in [5.41, 5.74) is 5.33. The summed E-state index contributed by atoms with van der Waals surface area (Å²) in [5, 5.41) is 4.76. The van der Waals surface area contributed by atoms with Crippen LogP contribution in [0.1, 0.15) is 47.9 Å². The smallest absolute Gasteiger partial charge is 0.123 e. The minimum Gasteiger partial charge on any atom is -0.361 e. The molecule has 1 unspecified atom stereocenters. The summed E-state index contributed by atoms with van der Waals surface area (Å²) in [6.45, 7) is 4.48. The van der Waals surface area contributed by atoms with Gasteiger partial charge in [0.1, 0.15) is 5.82 Å². The maximum Gasteiger partial charge on any atom is 0.123 e. The first-order chi connectivity index (χ1) is 13.8. The predicted molar refractivity (Wildman–Crippen MR) is 112 cm³/mol. The van der Waals surface area contributed by atoms with Gasteiger partial charge in [-0.1, -0.05) is 24.3 Å². The molecule has 1 atom stereocenters. The van der Waals surface area contributed by atoms with Gasteiger partial charge in [-0.05, 0) is 92.7 Å². The minimum atomic E-state index is -0.147. The maximum atomic E-state index is 13.7. The fourth-order valence-corrected chi connectivity index (χ4v) is 5.08. The van der Waals surface area contributed by atoms with Crippen LogP contribution < -0.4 is 5.32 Å². The van der Waals surface area contributed by atoms with Gasteiger partial charge in [-0.15, -0.1) is 0 Å². The number of benzene rings is 2. The first kappa shape index (κ1) is 17.9. The molecule has 2 aromatic carbocycles. The molecule has 1 fully saturated rings. The van der Waals surface area contributed by atoms with E-state index in [4.69, 9.17) is 0 Å². The molecule has 2 N–H and O–H groups in total. The molecule has 0 aliphatic carbocycles. The Bertz CT molecular complexity index is 955. The molecule has 0 amide bonds. The average Bonchev–Trinajstić information content (AvgIpc) is 3.15. The average molecular weight is 378 g/mol. The van der Waals surface area contributed by atoms with Crippen LogP contribution in [-0.4, -0.2) is 36.1 Å². The molecule has 2 aliphatic rings. The van der Waals surface area contributed by atoms with E-state index in [0.717, 1.165) is 56.3 Å². The SMILES string of the molecule is Fc1ccc2[nH]cc(C3CCN(CCC4NCCc5ccccc54)CC3)c2c1. The van der Waals surface area contributed by atoms with Crippen LogP contribution >= 0.6 is 0 Å². The molecule has 3 heterocycles. The van der Waals surface area contributed by atoms with E-state index in [-0.39, 0.29) is 5.82 Å². The summed E-state index contributed by atoms with van der Waals surface area (Å²) in [7, 11) is 0. The van der Waals surface area contributed by atoms with Gasteiger partial charge in [0.2, 0.25) is 0 Å². The zero-order valence-corrected chi connectivity index (χ0v) is 16.3. The molecule has 3 aromatic rings. The Morgan fingerprint density at radius 3 is 2.79 bits per heavy atom. The van der Waals surface area contributed by atoms with Gasteiger partial charge >= 0.3 is 0 Å². The number of halogens is 1. The van der Waals surface area contributed by atoms with Gasteiger partial charge in [-0.3, -0.25) is 0 Å². The van der Waals surface area contributed by atoms with Crippen molar-refractivity contribution in [2.24, 2.45) is 0 Å². The highest BCUT2D eigenvalue weighted by Crippen LogP contribution is 2.34. The van der Waals surface area contributed by atoms with Crippen molar-refractivity contribution in [1.82, 2.24) is 15.2 Å². The second kappa shape index (κ2) is 7.69. The van der Waals surface area contributed by atoms with Crippen LogP contribution in [-0.2, 0) is 6.42 Å². The van der Waals surface area contributed by atoms with Crippen LogP contribution in [0.4, 0.5) is 4.39 Å². The molecule has 0 spiro atoms. The Balaban J connectivity index is 1.19. The summed E-state index contributed by atoms with van der Waals surface area (Å²) < 4.78 is 13.7. The van der Waals surface area contributed by atoms with E-state index in [1.54, 1.807) is 6.07 Å². The fraction of sp³-hybridized carbons (Fsp3) is 0.417. The van der Waals surface area contributed by atoms with E-state index in [1.807, 2.05) is 6.07 Å². The van der Waals surface area contributed by atoms with Crippen LogP contribution in [0.5, 0.6) is 0 Å². The molecule has 0 bridgehead atoms. The van der Waals surface area contributed by atoms with Gasteiger partial charge in [0, 0.05) is 23.1 Å². The number of aromatic nitrogens is 1. The van der Waals surface area contributed by atoms with Crippen molar-refractivity contribution < 1.29 is 4.39 Å². The highest BCUT2D eigenvalue weighted by atomic mass is 19.1. The number of nitrogens with one attached hydrogen (secondary N) is 2. The lowest BCUT2D eigenvalue weighted by atomic mass is 9.88. The second-order valence-corrected chi connectivity index (χ2v) is 8.29. The Kier molecular flexibility index (Phi) is 4.91. The van der Waals surface area contributed by atoms with Gasteiger partial charge in [0.15, 0.2) is 0 Å². The first-order valence-electron chi connectivity index (χ1n) is 10.6. The van der Waals surface area contributed by atoms with Crippen molar-refractivity contribution in [2.45, 2.75) is 37.6 Å². The topological polar surface area (TPSA) is 31.1 Å². The zero-order chi connectivity index (χ0) is 18.9. The normalized spacial score (nSPS) is 21.1. The highest BCUT2D eigenvalue weighted by Gasteiger charge is 2.25. The van der Waals surface area contributed by atoms with Gasteiger partial charge in [0.25, 0.3) is 0 Å². The Labute approximate surface area is 165 Å². The number of hydrogen-bond acceptors (Lipinski definition) is 2. The largest absolute Gasteiger partial charge is 0.361 e. The lowest BCUT2D eigenvalue weighted by Crippen LogP contribution is -2.37. The Morgan fingerprint density at radius 1 is 1.04 bits per heavy atom. The molecule has 0 radical (unpaired) electrons. The fourth-order valence-electron chi connectivity index (χ4n) is 5.08. The molecule has 0 saturated carbocycles. The van der Waals surface area contributed by atoms with Crippen LogP contribution in [0.2, 0.25) is 0 Å². The minimum absolute atomic E-state index is 0.147. The molecular formula is C24H28FN3. The predicted octanol–water partition coefficient (Wildman–Crippen LogP) is 4.76. The number of H-pyrrole nitrogens is 1. The quantitative estimate of drug-likeness (QED) is 0.687. The highest BCUT2D eigenvalue weighted by molar-refractivity contribution is 5.83. The summed E-state index contributed by atoms with van der Waals surface area (Å²) >= 11 is 0. The van der Waals surface area contributed by atoms with Gasteiger partial charge in [-0.25, -0.2) is 4.39 Å².